The van der Waals surface area contributed by atoms with Crippen molar-refractivity contribution in [1.82, 2.24) is 9.97 Å². The number of nitrogens with one attached hydrogen (secondary N) is 1. The molecule has 2 aromatic rings. The van der Waals surface area contributed by atoms with Gasteiger partial charge in [0.2, 0.25) is 0 Å². The summed E-state index contributed by atoms with van der Waals surface area (Å²) in [5, 5.41) is 0. The zero-order valence-electron chi connectivity index (χ0n) is 7.51. The zero-order chi connectivity index (χ0) is 10.8. The molecule has 0 amide bonds. The summed E-state index contributed by atoms with van der Waals surface area (Å²) in [4.78, 5) is 6.80. The van der Waals surface area contributed by atoms with Gasteiger partial charge in [-0.1, -0.05) is 0 Å². The third-order valence-corrected chi connectivity index (χ3v) is 2.25. The monoisotopic (exact) mass is 232 g/mol. The average Bonchev–Trinajstić information content (AvgIpc) is 2.62. The molecule has 0 aliphatic carbocycles. The number of nitrogens with zero attached hydrogens (tertiary/aromatic N) is 1. The normalized spacial score (nSPS) is 11.2. The third-order valence-electron chi connectivity index (χ3n) is 1.96. The first kappa shape index (κ1) is 10.2. The molecule has 0 atom stereocenters. The van der Waals surface area contributed by atoms with Gasteiger partial charge in [-0.3, -0.25) is 0 Å². The number of alkyl halides is 3. The number of imidazole rings is 1. The molecule has 0 unspecified atom stereocenters. The molecule has 6 heteroatoms. The summed E-state index contributed by atoms with van der Waals surface area (Å²) in [6, 6.07) is 3.09. The summed E-state index contributed by atoms with van der Waals surface area (Å²) in [6.07, 6.45) is 1.48. The molecule has 0 aliphatic rings. The van der Waals surface area contributed by atoms with Gasteiger partial charge in [0.25, 0.3) is 0 Å². The van der Waals surface area contributed by atoms with E-state index in [1.165, 1.54) is 12.4 Å². The van der Waals surface area contributed by atoms with E-state index in [2.05, 4.69) is 14.7 Å². The van der Waals surface area contributed by atoms with Crippen LogP contribution in [0.3, 0.4) is 0 Å². The van der Waals surface area contributed by atoms with Crippen molar-refractivity contribution in [2.24, 2.45) is 0 Å². The summed E-state index contributed by atoms with van der Waals surface area (Å²) in [5.41, 5.74) is 1.82. The Hall–Kier alpha value is -1.36. The van der Waals surface area contributed by atoms with Crippen LogP contribution in [0.1, 0.15) is 5.56 Å². The highest BCUT2D eigenvalue weighted by molar-refractivity contribution is 6.17. The Morgan fingerprint density at radius 1 is 1.47 bits per heavy atom. The number of rotatable bonds is 3. The summed E-state index contributed by atoms with van der Waals surface area (Å²) in [7, 11) is 0. The molecule has 0 saturated carbocycles. The van der Waals surface area contributed by atoms with Gasteiger partial charge in [0, 0.05) is 11.6 Å². The summed E-state index contributed by atoms with van der Waals surface area (Å²) >= 11 is 5.62. The molecule has 0 fully saturated rings. The van der Waals surface area contributed by atoms with Crippen molar-refractivity contribution in [2.45, 2.75) is 12.5 Å². The minimum atomic E-state index is -2.86. The summed E-state index contributed by atoms with van der Waals surface area (Å²) < 4.78 is 28.5. The first-order chi connectivity index (χ1) is 7.20. The van der Waals surface area contributed by atoms with E-state index in [-0.39, 0.29) is 11.6 Å². The lowest BCUT2D eigenvalue weighted by Crippen LogP contribution is -2.03. The highest BCUT2D eigenvalue weighted by atomic mass is 35.5. The van der Waals surface area contributed by atoms with Crippen LogP contribution in [0.15, 0.2) is 18.5 Å². The first-order valence-electron chi connectivity index (χ1n) is 4.17. The molecule has 3 nitrogen and oxygen atoms in total. The fraction of sp³-hybridized carbons (Fsp3) is 0.222. The van der Waals surface area contributed by atoms with Gasteiger partial charge in [-0.25, -0.2) is 4.98 Å². The quantitative estimate of drug-likeness (QED) is 0.827. The Morgan fingerprint density at radius 2 is 2.27 bits per heavy atom. The Bertz CT molecular complexity index is 472. The Balaban J connectivity index is 2.49. The van der Waals surface area contributed by atoms with Crippen LogP contribution in [-0.4, -0.2) is 16.6 Å². The molecule has 0 saturated heterocycles. The molecule has 15 heavy (non-hydrogen) atoms. The molecule has 1 aromatic carbocycles. The number of H-pyrrole nitrogens is 1. The number of hydrogen-bond donors (Lipinski definition) is 1. The van der Waals surface area contributed by atoms with E-state index in [0.717, 1.165) is 5.52 Å². The number of hydrogen-bond acceptors (Lipinski definition) is 2. The maximum atomic E-state index is 12.1. The van der Waals surface area contributed by atoms with E-state index in [1.807, 2.05) is 0 Å². The van der Waals surface area contributed by atoms with Crippen LogP contribution >= 0.6 is 11.6 Å². The molecule has 0 spiro atoms. The minimum Gasteiger partial charge on any atom is -0.434 e. The van der Waals surface area contributed by atoms with Crippen LogP contribution in [0, 0.1) is 0 Å². The molecule has 0 bridgehead atoms. The van der Waals surface area contributed by atoms with E-state index >= 15 is 0 Å². The second kappa shape index (κ2) is 4.02. The molecule has 2 rings (SSSR count). The molecule has 1 aromatic heterocycles. The molecule has 0 aliphatic heterocycles. The van der Waals surface area contributed by atoms with Gasteiger partial charge >= 0.3 is 6.61 Å². The fourth-order valence-electron chi connectivity index (χ4n) is 1.32. The molecule has 0 radical (unpaired) electrons. The fourth-order valence-corrected chi connectivity index (χ4v) is 1.53. The van der Waals surface area contributed by atoms with Crippen LogP contribution < -0.4 is 4.74 Å². The number of ether oxygens (including phenoxy) is 1. The molecule has 1 N–H and O–H groups in total. The highest BCUT2D eigenvalue weighted by Gasteiger charge is 2.11. The van der Waals surface area contributed by atoms with Crippen LogP contribution in [-0.2, 0) is 5.88 Å². The van der Waals surface area contributed by atoms with Gasteiger partial charge < -0.3 is 9.72 Å². The van der Waals surface area contributed by atoms with Crippen LogP contribution in [0.25, 0.3) is 11.0 Å². The van der Waals surface area contributed by atoms with Crippen LogP contribution in [0.2, 0.25) is 0 Å². The Kier molecular flexibility index (Phi) is 2.73. The van der Waals surface area contributed by atoms with Crippen molar-refractivity contribution in [3.8, 4) is 5.75 Å². The van der Waals surface area contributed by atoms with Gasteiger partial charge in [-0.2, -0.15) is 8.78 Å². The molecular formula is C9H7ClF2N2O. The predicted octanol–water partition coefficient (Wildman–Crippen LogP) is 2.90. The van der Waals surface area contributed by atoms with Gasteiger partial charge in [0.15, 0.2) is 0 Å². The second-order valence-corrected chi connectivity index (χ2v) is 3.16. The maximum Gasteiger partial charge on any atom is 0.387 e. The largest absolute Gasteiger partial charge is 0.434 e. The lowest BCUT2D eigenvalue weighted by Gasteiger charge is -2.08. The Labute approximate surface area is 89.0 Å². The number of aromatic nitrogens is 2. The number of halogens is 3. The van der Waals surface area contributed by atoms with Crippen LogP contribution in [0.4, 0.5) is 8.78 Å². The maximum absolute atomic E-state index is 12.1. The molecular weight excluding hydrogens is 226 g/mol. The zero-order valence-corrected chi connectivity index (χ0v) is 8.26. The van der Waals surface area contributed by atoms with Crippen molar-refractivity contribution in [1.29, 1.82) is 0 Å². The van der Waals surface area contributed by atoms with E-state index in [0.29, 0.717) is 11.1 Å². The average molecular weight is 233 g/mol. The number of fused-ring (bicyclic) bond motifs is 1. The van der Waals surface area contributed by atoms with Crippen molar-refractivity contribution >= 4 is 22.6 Å². The van der Waals surface area contributed by atoms with Gasteiger partial charge in [-0.15, -0.1) is 11.6 Å². The highest BCUT2D eigenvalue weighted by Crippen LogP contribution is 2.26. The molecule has 80 valence electrons. The SMILES string of the molecule is FC(F)Oc1cc2nc[nH]c2cc1CCl. The second-order valence-electron chi connectivity index (χ2n) is 2.89. The van der Waals surface area contributed by atoms with Crippen molar-refractivity contribution in [3.05, 3.63) is 24.0 Å². The number of aromatic amines is 1. The van der Waals surface area contributed by atoms with Gasteiger partial charge in [0.1, 0.15) is 5.75 Å². The topological polar surface area (TPSA) is 37.9 Å². The smallest absolute Gasteiger partial charge is 0.387 e. The first-order valence-corrected chi connectivity index (χ1v) is 4.71. The summed E-state index contributed by atoms with van der Waals surface area (Å²) in [6.45, 7) is -2.86. The Morgan fingerprint density at radius 3 is 2.93 bits per heavy atom. The number of benzene rings is 1. The van der Waals surface area contributed by atoms with E-state index < -0.39 is 6.61 Å². The van der Waals surface area contributed by atoms with Gasteiger partial charge in [-0.05, 0) is 6.07 Å². The standard InChI is InChI=1S/C9H7ClF2N2O/c10-3-5-1-6-7(14-4-13-6)2-8(5)15-9(11)12/h1-2,4,9H,3H2,(H,13,14). The predicted molar refractivity (Wildman–Crippen MR) is 52.3 cm³/mol. The molecule has 1 heterocycles. The minimum absolute atomic E-state index is 0.0691. The summed E-state index contributed by atoms with van der Waals surface area (Å²) in [5.74, 6) is 0.177. The van der Waals surface area contributed by atoms with Crippen molar-refractivity contribution < 1.29 is 13.5 Å². The van der Waals surface area contributed by atoms with Crippen molar-refractivity contribution in [3.63, 3.8) is 0 Å². The van der Waals surface area contributed by atoms with E-state index in [1.54, 1.807) is 6.07 Å². The third kappa shape index (κ3) is 2.02. The van der Waals surface area contributed by atoms with Crippen LogP contribution in [0.5, 0.6) is 5.75 Å². The lowest BCUT2D eigenvalue weighted by molar-refractivity contribution is -0.0502. The van der Waals surface area contributed by atoms with E-state index in [4.69, 9.17) is 11.6 Å². The lowest BCUT2D eigenvalue weighted by atomic mass is 10.2. The van der Waals surface area contributed by atoms with Crippen molar-refractivity contribution in [2.75, 3.05) is 0 Å². The van der Waals surface area contributed by atoms with Gasteiger partial charge in [0.05, 0.1) is 23.2 Å². The van der Waals surface area contributed by atoms with E-state index in [9.17, 15) is 8.78 Å².